The molecule has 0 aromatic heterocycles. The molecule has 2 rings (SSSR count). The fraction of sp³-hybridized carbons (Fsp3) is 0. The molecule has 0 spiro atoms. The van der Waals surface area contributed by atoms with E-state index in [2.05, 4.69) is 4.74 Å². The summed E-state index contributed by atoms with van der Waals surface area (Å²) in [5.41, 5.74) is -0.583. The minimum absolute atomic E-state index is 0.492. The number of benzene rings is 2. The molecule has 0 aliphatic carbocycles. The second kappa shape index (κ2) is 6.76. The Balaban J connectivity index is 2.56. The quantitative estimate of drug-likeness (QED) is 0.177. The summed E-state index contributed by atoms with van der Waals surface area (Å²) in [6.45, 7) is 0. The molecule has 0 amide bonds. The number of hydrogen-bond acceptors (Lipinski definition) is 6. The van der Waals surface area contributed by atoms with Gasteiger partial charge in [-0.1, -0.05) is 0 Å². The third-order valence-electron chi connectivity index (χ3n) is 2.81. The molecule has 0 aliphatic heterocycles. The normalized spacial score (nSPS) is 11.4. The van der Waals surface area contributed by atoms with Gasteiger partial charge in [0.25, 0.3) is 0 Å². The van der Waals surface area contributed by atoms with Crippen molar-refractivity contribution < 1.29 is 45.2 Å². The second-order valence-electron chi connectivity index (χ2n) is 4.42. The minimum atomic E-state index is -5.88. The first-order valence-electron chi connectivity index (χ1n) is 5.97. The van der Waals surface area contributed by atoms with Crippen LogP contribution in [0.25, 0.3) is 0 Å². The second-order valence-corrected chi connectivity index (χ2v) is 6.98. The fourth-order valence-corrected chi connectivity index (χ4v) is 2.82. The van der Waals surface area contributed by atoms with Crippen molar-refractivity contribution in [3.63, 3.8) is 0 Å². The Kier molecular flexibility index (Phi) is 5.24. The van der Waals surface area contributed by atoms with Gasteiger partial charge in [0.15, 0.2) is 11.6 Å². The predicted molar refractivity (Wildman–Crippen MR) is 80.0 cm³/mol. The zero-order chi connectivity index (χ0) is 19.1. The first-order valence-corrected chi connectivity index (χ1v) is 8.46. The summed E-state index contributed by atoms with van der Waals surface area (Å²) in [6, 6.07) is 3.43. The van der Waals surface area contributed by atoms with Crippen molar-refractivity contribution in [3.8, 4) is 11.5 Å². The van der Waals surface area contributed by atoms with Crippen molar-refractivity contribution in [2.45, 2.75) is 4.90 Å². The van der Waals surface area contributed by atoms with E-state index in [1.54, 1.807) is 22.6 Å². The van der Waals surface area contributed by atoms with Crippen LogP contribution in [0, 0.1) is 26.8 Å². The van der Waals surface area contributed by atoms with E-state index < -0.39 is 61.3 Å². The summed E-state index contributed by atoms with van der Waals surface area (Å²) in [6.07, 6.45) is 0. The van der Waals surface area contributed by atoms with Crippen LogP contribution >= 0.6 is 22.6 Å². The SMILES string of the molecule is O=C(Oc1c(F)c(F)c(S(=O)(=O)[O-])c(F)c1F)c1ccc(I)cc1O. The molecule has 12 heteroatoms. The summed E-state index contributed by atoms with van der Waals surface area (Å²) >= 11 is 1.78. The van der Waals surface area contributed by atoms with Gasteiger partial charge >= 0.3 is 5.97 Å². The molecule has 0 aliphatic rings. The first kappa shape index (κ1) is 19.4. The van der Waals surface area contributed by atoms with Crippen molar-refractivity contribution in [1.29, 1.82) is 0 Å². The Morgan fingerprint density at radius 1 is 1.08 bits per heavy atom. The van der Waals surface area contributed by atoms with E-state index in [0.29, 0.717) is 3.57 Å². The summed E-state index contributed by atoms with van der Waals surface area (Å²) in [5, 5.41) is 9.58. The highest BCUT2D eigenvalue weighted by molar-refractivity contribution is 14.1. The van der Waals surface area contributed by atoms with Gasteiger partial charge in [0.1, 0.15) is 26.3 Å². The molecular weight excluding hydrogens is 487 g/mol. The van der Waals surface area contributed by atoms with Crippen molar-refractivity contribution in [2.24, 2.45) is 0 Å². The highest BCUT2D eigenvalue weighted by atomic mass is 127. The van der Waals surface area contributed by atoms with Gasteiger partial charge in [0.2, 0.25) is 17.4 Å². The average molecular weight is 491 g/mol. The fourth-order valence-electron chi connectivity index (χ4n) is 1.73. The molecule has 0 saturated carbocycles. The lowest BCUT2D eigenvalue weighted by atomic mass is 10.2. The van der Waals surface area contributed by atoms with Crippen LogP contribution in [-0.2, 0) is 10.1 Å². The molecule has 0 bridgehead atoms. The standard InChI is InChI=1S/C13H5F4IO6S/c14-7-9(16)12(25(21,22)23)10(17)8(15)11(7)24-13(20)5-2-1-4(18)3-6(5)19/h1-3,19H,(H,21,22,23)/p-1. The van der Waals surface area contributed by atoms with Crippen LogP contribution in [0.3, 0.4) is 0 Å². The van der Waals surface area contributed by atoms with Crippen LogP contribution in [0.5, 0.6) is 11.5 Å². The molecule has 0 saturated heterocycles. The number of carbonyl (C=O) groups is 1. The lowest BCUT2D eigenvalue weighted by molar-refractivity contribution is 0.0713. The maximum Gasteiger partial charge on any atom is 0.347 e. The Morgan fingerprint density at radius 3 is 2.04 bits per heavy atom. The van der Waals surface area contributed by atoms with E-state index in [9.17, 15) is 40.4 Å². The van der Waals surface area contributed by atoms with Gasteiger partial charge in [-0.2, -0.15) is 8.78 Å². The van der Waals surface area contributed by atoms with E-state index in [1.807, 2.05) is 0 Å². The number of rotatable bonds is 3. The minimum Gasteiger partial charge on any atom is -0.744 e. The molecule has 134 valence electrons. The molecule has 0 atom stereocenters. The third-order valence-corrected chi connectivity index (χ3v) is 4.34. The Morgan fingerprint density at radius 2 is 1.60 bits per heavy atom. The molecule has 0 fully saturated rings. The molecule has 0 unspecified atom stereocenters. The molecule has 6 nitrogen and oxygen atoms in total. The molecule has 0 heterocycles. The number of phenols is 1. The van der Waals surface area contributed by atoms with E-state index in [0.717, 1.165) is 12.1 Å². The smallest absolute Gasteiger partial charge is 0.347 e. The molecule has 25 heavy (non-hydrogen) atoms. The van der Waals surface area contributed by atoms with Gasteiger partial charge in [0, 0.05) is 3.57 Å². The lowest BCUT2D eigenvalue weighted by Crippen LogP contribution is -2.16. The van der Waals surface area contributed by atoms with E-state index in [1.165, 1.54) is 6.07 Å². The van der Waals surface area contributed by atoms with Gasteiger partial charge < -0.3 is 14.4 Å². The number of aromatic hydroxyl groups is 1. The summed E-state index contributed by atoms with van der Waals surface area (Å²) in [7, 11) is -5.88. The number of phenolic OH excluding ortho intramolecular Hbond substituents is 1. The van der Waals surface area contributed by atoms with Crippen LogP contribution in [0.2, 0.25) is 0 Å². The summed E-state index contributed by atoms with van der Waals surface area (Å²) in [5.74, 6) is -14.0. The van der Waals surface area contributed by atoms with Crippen LogP contribution in [0.15, 0.2) is 23.1 Å². The van der Waals surface area contributed by atoms with Crippen LogP contribution < -0.4 is 4.74 Å². The Bertz CT molecular complexity index is 963. The number of halogens is 5. The van der Waals surface area contributed by atoms with Crippen LogP contribution in [-0.4, -0.2) is 24.0 Å². The van der Waals surface area contributed by atoms with Gasteiger partial charge in [-0.3, -0.25) is 0 Å². The largest absolute Gasteiger partial charge is 0.744 e. The Labute approximate surface area is 150 Å². The van der Waals surface area contributed by atoms with E-state index in [4.69, 9.17) is 0 Å². The van der Waals surface area contributed by atoms with Gasteiger partial charge in [-0.05, 0) is 40.8 Å². The topological polar surface area (TPSA) is 104 Å². The molecule has 2 aromatic carbocycles. The Hall–Kier alpha value is -1.93. The molecule has 2 aromatic rings. The number of carbonyl (C=O) groups excluding carboxylic acids is 1. The summed E-state index contributed by atoms with van der Waals surface area (Å²) < 4.78 is 91.4. The molecule has 0 radical (unpaired) electrons. The number of hydrogen-bond donors (Lipinski definition) is 1. The zero-order valence-corrected chi connectivity index (χ0v) is 14.5. The van der Waals surface area contributed by atoms with Gasteiger partial charge in [-0.15, -0.1) is 0 Å². The van der Waals surface area contributed by atoms with Gasteiger partial charge in [0.05, 0.1) is 0 Å². The van der Waals surface area contributed by atoms with E-state index in [-0.39, 0.29) is 0 Å². The zero-order valence-electron chi connectivity index (χ0n) is 11.5. The highest BCUT2D eigenvalue weighted by Gasteiger charge is 2.31. The van der Waals surface area contributed by atoms with Crippen LogP contribution in [0.1, 0.15) is 10.4 Å². The number of ether oxygens (including phenoxy) is 1. The lowest BCUT2D eigenvalue weighted by Gasteiger charge is -2.14. The molecular formula is C13H4F4IO6S-. The predicted octanol–water partition coefficient (Wildman–Crippen LogP) is 2.68. The maximum atomic E-state index is 13.7. The van der Waals surface area contributed by atoms with Gasteiger partial charge in [-0.25, -0.2) is 22.0 Å². The van der Waals surface area contributed by atoms with Crippen molar-refractivity contribution in [2.75, 3.05) is 0 Å². The average Bonchev–Trinajstić information content (AvgIpc) is 2.48. The van der Waals surface area contributed by atoms with Crippen LogP contribution in [0.4, 0.5) is 17.6 Å². The summed E-state index contributed by atoms with van der Waals surface area (Å²) in [4.78, 5) is 9.44. The molecule has 1 N–H and O–H groups in total. The first-order chi connectivity index (χ1) is 11.4. The monoisotopic (exact) mass is 491 g/mol. The maximum absolute atomic E-state index is 13.7. The third kappa shape index (κ3) is 3.69. The van der Waals surface area contributed by atoms with E-state index >= 15 is 0 Å². The van der Waals surface area contributed by atoms with Crippen molar-refractivity contribution in [3.05, 3.63) is 50.6 Å². The van der Waals surface area contributed by atoms with Crippen molar-refractivity contribution in [1.82, 2.24) is 0 Å². The highest BCUT2D eigenvalue weighted by Crippen LogP contribution is 2.33. The number of esters is 1. The van der Waals surface area contributed by atoms with Crippen molar-refractivity contribution >= 4 is 38.7 Å².